The number of rotatable bonds is 9. The second-order valence-electron chi connectivity index (χ2n) is 12.2. The van der Waals surface area contributed by atoms with E-state index >= 15 is 0 Å². The van der Waals surface area contributed by atoms with Gasteiger partial charge in [0.25, 0.3) is 26.0 Å². The summed E-state index contributed by atoms with van der Waals surface area (Å²) in [6, 6.07) is 3.85. The highest BCUT2D eigenvalue weighted by Gasteiger charge is 2.33. The SMILES string of the molecule is C[C@H](CO)N1C[C@H](C)[C@H](CN(C)S(=O)(=O)c2cn(C)cn2)OCCCC[C@H](C)Oc2ccc(NS(=O)(=O)c3cn(C)cn3)cc2C1=O. The number of hydrogen-bond donors (Lipinski definition) is 2. The number of ether oxygens (including phenoxy) is 2. The smallest absolute Gasteiger partial charge is 0.280 e. The average Bonchev–Trinajstić information content (AvgIpc) is 3.67. The second kappa shape index (κ2) is 15.1. The molecule has 0 radical (unpaired) electrons. The van der Waals surface area contributed by atoms with E-state index in [1.54, 1.807) is 31.7 Å². The molecule has 0 aliphatic carbocycles. The third-order valence-electron chi connectivity index (χ3n) is 8.05. The molecule has 17 heteroatoms. The number of nitrogens with zero attached hydrogens (tertiary/aromatic N) is 6. The molecule has 3 aromatic rings. The lowest BCUT2D eigenvalue weighted by Gasteiger charge is -2.35. The Morgan fingerprint density at radius 2 is 1.72 bits per heavy atom. The molecule has 0 fully saturated rings. The molecule has 0 bridgehead atoms. The van der Waals surface area contributed by atoms with Crippen LogP contribution in [0.4, 0.5) is 5.69 Å². The van der Waals surface area contributed by atoms with Crippen LogP contribution in [0.3, 0.4) is 0 Å². The molecule has 1 amide bonds. The second-order valence-corrected chi connectivity index (χ2v) is 15.8. The summed E-state index contributed by atoms with van der Waals surface area (Å²) in [7, 11) is -3.16. The molecule has 15 nitrogen and oxygen atoms in total. The van der Waals surface area contributed by atoms with E-state index in [1.807, 2.05) is 13.8 Å². The van der Waals surface area contributed by atoms with Gasteiger partial charge in [-0.15, -0.1) is 0 Å². The highest BCUT2D eigenvalue weighted by Crippen LogP contribution is 2.29. The number of imidazole rings is 2. The van der Waals surface area contributed by atoms with Crippen LogP contribution in [0.15, 0.2) is 53.3 Å². The van der Waals surface area contributed by atoms with E-state index in [-0.39, 0.29) is 58.8 Å². The van der Waals surface area contributed by atoms with Gasteiger partial charge in [0.05, 0.1) is 43.1 Å². The fraction of sp³-hybridized carbons (Fsp3) is 0.567. The van der Waals surface area contributed by atoms with Crippen molar-refractivity contribution < 1.29 is 36.2 Å². The van der Waals surface area contributed by atoms with Crippen LogP contribution in [0, 0.1) is 5.92 Å². The molecule has 47 heavy (non-hydrogen) atoms. The van der Waals surface area contributed by atoms with E-state index in [0.29, 0.717) is 19.4 Å². The van der Waals surface area contributed by atoms with Crippen molar-refractivity contribution in [3.8, 4) is 5.75 Å². The lowest BCUT2D eigenvalue weighted by Crippen LogP contribution is -2.48. The predicted octanol–water partition coefficient (Wildman–Crippen LogP) is 2.07. The fourth-order valence-corrected chi connectivity index (χ4v) is 7.39. The number of benzene rings is 1. The highest BCUT2D eigenvalue weighted by molar-refractivity contribution is 7.92. The highest BCUT2D eigenvalue weighted by atomic mass is 32.2. The molecule has 0 saturated carbocycles. The summed E-state index contributed by atoms with van der Waals surface area (Å²) in [6.45, 7) is 5.56. The van der Waals surface area contributed by atoms with E-state index in [1.165, 1.54) is 58.0 Å². The first kappa shape index (κ1) is 36.3. The van der Waals surface area contributed by atoms with Crippen molar-refractivity contribution in [2.75, 3.05) is 38.1 Å². The third kappa shape index (κ3) is 8.90. The number of sulfonamides is 2. The molecule has 2 N–H and O–H groups in total. The number of aromatic nitrogens is 4. The number of anilines is 1. The third-order valence-corrected chi connectivity index (χ3v) is 11.0. The van der Waals surface area contributed by atoms with E-state index in [9.17, 15) is 26.7 Å². The molecular weight excluding hydrogens is 651 g/mol. The minimum absolute atomic E-state index is 0.00512. The van der Waals surface area contributed by atoms with Crippen LogP contribution in [0.1, 0.15) is 50.4 Å². The first-order valence-corrected chi connectivity index (χ1v) is 18.3. The summed E-state index contributed by atoms with van der Waals surface area (Å²) < 4.78 is 71.9. The van der Waals surface area contributed by atoms with Crippen molar-refractivity contribution >= 4 is 31.6 Å². The van der Waals surface area contributed by atoms with Crippen molar-refractivity contribution in [1.82, 2.24) is 28.3 Å². The Balaban J connectivity index is 1.67. The molecule has 260 valence electrons. The van der Waals surface area contributed by atoms with Crippen LogP contribution in [0.2, 0.25) is 0 Å². The van der Waals surface area contributed by atoms with Crippen molar-refractivity contribution in [2.45, 2.75) is 68.3 Å². The zero-order chi connectivity index (χ0) is 34.5. The molecular formula is C30H45N7O8S2. The molecule has 0 saturated heterocycles. The van der Waals surface area contributed by atoms with Crippen molar-refractivity contribution in [2.24, 2.45) is 20.0 Å². The van der Waals surface area contributed by atoms with E-state index in [0.717, 1.165) is 6.42 Å². The molecule has 0 unspecified atom stereocenters. The number of carbonyl (C=O) groups excluding carboxylic acids is 1. The van der Waals surface area contributed by atoms with Gasteiger partial charge in [0.1, 0.15) is 5.75 Å². The van der Waals surface area contributed by atoms with E-state index in [2.05, 4.69) is 14.7 Å². The van der Waals surface area contributed by atoms with Crippen LogP contribution < -0.4 is 9.46 Å². The molecule has 1 aliphatic heterocycles. The number of hydrogen-bond acceptors (Lipinski definition) is 10. The number of aryl methyl sites for hydroxylation is 2. The van der Waals surface area contributed by atoms with E-state index in [4.69, 9.17) is 9.47 Å². The predicted molar refractivity (Wildman–Crippen MR) is 174 cm³/mol. The van der Waals surface area contributed by atoms with Gasteiger partial charge in [-0.25, -0.2) is 18.4 Å². The van der Waals surface area contributed by atoms with Crippen LogP contribution in [0.25, 0.3) is 0 Å². The standard InChI is InChI=1S/C30H45N7O8S2/c1-21-14-37(22(2)18-38)30(39)25-13-24(33-46(40,41)28-16-34(4)19-31-28)10-11-26(25)45-23(3)9-7-8-12-44-27(21)15-36(6)47(42,43)29-17-35(5)20-32-29/h10-11,13,16-17,19-23,27,33,38H,7-9,12,14-15,18H2,1-6H3/t21-,22+,23-,27-/m0/s1. The first-order chi connectivity index (χ1) is 22.1. The van der Waals surface area contributed by atoms with Gasteiger partial charge >= 0.3 is 0 Å². The Bertz CT molecular complexity index is 1740. The lowest BCUT2D eigenvalue weighted by molar-refractivity contribution is -0.00835. The first-order valence-electron chi connectivity index (χ1n) is 15.4. The summed E-state index contributed by atoms with van der Waals surface area (Å²) in [5.41, 5.74) is 0.238. The number of carbonyl (C=O) groups is 1. The van der Waals surface area contributed by atoms with Gasteiger partial charge in [-0.05, 0) is 51.3 Å². The Hall–Kier alpha value is -3.51. The van der Waals surface area contributed by atoms with Crippen molar-refractivity contribution in [3.63, 3.8) is 0 Å². The molecule has 4 rings (SSSR count). The quantitative estimate of drug-likeness (QED) is 0.337. The minimum atomic E-state index is -4.05. The number of likely N-dealkylation sites (N-methyl/N-ethyl adjacent to an activating group) is 1. The maximum Gasteiger partial charge on any atom is 0.280 e. The summed E-state index contributed by atoms with van der Waals surface area (Å²) in [6.07, 6.45) is 6.79. The summed E-state index contributed by atoms with van der Waals surface area (Å²) in [5.74, 6) is -0.603. The molecule has 1 aromatic carbocycles. The Kier molecular flexibility index (Phi) is 11.7. The zero-order valence-corrected chi connectivity index (χ0v) is 29.2. The van der Waals surface area contributed by atoms with Crippen molar-refractivity contribution in [3.05, 3.63) is 48.8 Å². The average molecular weight is 696 g/mol. The number of fused-ring (bicyclic) bond motifs is 1. The molecule has 3 heterocycles. The largest absolute Gasteiger partial charge is 0.490 e. The summed E-state index contributed by atoms with van der Waals surface area (Å²) >= 11 is 0. The number of aliphatic hydroxyl groups is 1. The zero-order valence-electron chi connectivity index (χ0n) is 27.6. The molecule has 2 aromatic heterocycles. The van der Waals surface area contributed by atoms with Gasteiger partial charge in [0.15, 0.2) is 10.1 Å². The fourth-order valence-electron chi connectivity index (χ4n) is 5.22. The maximum atomic E-state index is 14.3. The topological polar surface area (TPSA) is 178 Å². The number of amides is 1. The van der Waals surface area contributed by atoms with Gasteiger partial charge in [-0.3, -0.25) is 9.52 Å². The van der Waals surface area contributed by atoms with Gasteiger partial charge in [0, 0.05) is 64.8 Å². The van der Waals surface area contributed by atoms with Crippen molar-refractivity contribution in [1.29, 1.82) is 0 Å². The monoisotopic (exact) mass is 695 g/mol. The van der Waals surface area contributed by atoms with Gasteiger partial charge in [-0.2, -0.15) is 12.7 Å². The van der Waals surface area contributed by atoms with Gasteiger partial charge in [-0.1, -0.05) is 6.92 Å². The van der Waals surface area contributed by atoms with E-state index < -0.39 is 38.1 Å². The Morgan fingerprint density at radius 1 is 1.06 bits per heavy atom. The summed E-state index contributed by atoms with van der Waals surface area (Å²) in [5, 5.41) is 9.92. The normalized spacial score (nSPS) is 21.1. The van der Waals surface area contributed by atoms with Gasteiger partial charge < -0.3 is 28.6 Å². The van der Waals surface area contributed by atoms with Crippen LogP contribution >= 0.6 is 0 Å². The number of aliphatic hydroxyl groups excluding tert-OH is 1. The maximum absolute atomic E-state index is 14.3. The Labute approximate surface area is 276 Å². The van der Waals surface area contributed by atoms with Crippen LogP contribution in [-0.2, 0) is 38.9 Å². The minimum Gasteiger partial charge on any atom is -0.490 e. The summed E-state index contributed by atoms with van der Waals surface area (Å²) in [4.78, 5) is 23.7. The molecule has 0 spiro atoms. The number of nitrogens with one attached hydrogen (secondary N) is 1. The van der Waals surface area contributed by atoms with Gasteiger partial charge in [0.2, 0.25) is 0 Å². The molecule has 1 aliphatic rings. The molecule has 4 atom stereocenters. The lowest BCUT2D eigenvalue weighted by atomic mass is 10.0. The van der Waals surface area contributed by atoms with Crippen LogP contribution in [0.5, 0.6) is 5.75 Å². The Morgan fingerprint density at radius 3 is 2.34 bits per heavy atom. The van der Waals surface area contributed by atoms with Crippen LogP contribution in [-0.4, -0.2) is 108 Å².